The summed E-state index contributed by atoms with van der Waals surface area (Å²) in [5.41, 5.74) is 15.6. The van der Waals surface area contributed by atoms with Crippen molar-refractivity contribution in [2.75, 3.05) is 0 Å². The average Bonchev–Trinajstić information content (AvgIpc) is 3.48. The monoisotopic (exact) mass is 786 g/mol. The molecule has 3 aliphatic rings. The Labute approximate surface area is 356 Å². The summed E-state index contributed by atoms with van der Waals surface area (Å²) in [5.74, 6) is 3.99. The number of aromatic nitrogens is 6. The van der Waals surface area contributed by atoms with E-state index in [1.807, 2.05) is 84.9 Å². The molecule has 6 heteroatoms. The Morgan fingerprint density at radius 2 is 0.738 bits per heavy atom. The minimum Gasteiger partial charge on any atom is -0.208 e. The first-order valence-corrected chi connectivity index (χ1v) is 20.9. The largest absolute Gasteiger partial charge is 0.208 e. The number of hydrogen-bond acceptors (Lipinski definition) is 6. The molecule has 3 aliphatic carbocycles. The molecule has 6 nitrogen and oxygen atoms in total. The van der Waals surface area contributed by atoms with Gasteiger partial charge in [-0.15, -0.1) is 0 Å². The maximum absolute atomic E-state index is 5.10. The Kier molecular flexibility index (Phi) is 8.46. The number of fused-ring (bicyclic) bond motifs is 6. The molecule has 6 aromatic carbocycles. The molecule has 0 aliphatic heterocycles. The lowest BCUT2D eigenvalue weighted by Crippen LogP contribution is -2.17. The topological polar surface area (TPSA) is 77.3 Å². The zero-order valence-corrected chi connectivity index (χ0v) is 34.6. The maximum atomic E-state index is 5.10. The van der Waals surface area contributed by atoms with Crippen molar-refractivity contribution >= 4 is 5.57 Å². The molecule has 11 rings (SSSR count). The molecule has 0 saturated heterocycles. The van der Waals surface area contributed by atoms with E-state index < -0.39 is 0 Å². The van der Waals surface area contributed by atoms with E-state index in [0.29, 0.717) is 34.9 Å². The van der Waals surface area contributed by atoms with Gasteiger partial charge in [0, 0.05) is 44.2 Å². The quantitative estimate of drug-likeness (QED) is 0.167. The minimum absolute atomic E-state index is 0.258. The Bertz CT molecular complexity index is 3080. The predicted octanol–water partition coefficient (Wildman–Crippen LogP) is 12.9. The number of rotatable bonds is 6. The van der Waals surface area contributed by atoms with Crippen LogP contribution in [0, 0.1) is 0 Å². The van der Waals surface area contributed by atoms with Crippen molar-refractivity contribution in [3.63, 3.8) is 0 Å². The van der Waals surface area contributed by atoms with Crippen molar-refractivity contribution in [3.8, 4) is 79.2 Å². The van der Waals surface area contributed by atoms with Gasteiger partial charge in [0.25, 0.3) is 0 Å². The fourth-order valence-electron chi connectivity index (χ4n) is 9.27. The fourth-order valence-corrected chi connectivity index (χ4v) is 9.27. The highest BCUT2D eigenvalue weighted by molar-refractivity contribution is 5.91. The molecule has 292 valence electrons. The zero-order valence-electron chi connectivity index (χ0n) is 34.6. The van der Waals surface area contributed by atoms with Crippen molar-refractivity contribution in [3.05, 3.63) is 198 Å². The van der Waals surface area contributed by atoms with Crippen LogP contribution in [0.15, 0.2) is 170 Å². The smallest absolute Gasteiger partial charge is 0.164 e. The zero-order chi connectivity index (χ0) is 41.3. The Morgan fingerprint density at radius 1 is 0.361 bits per heavy atom. The summed E-state index contributed by atoms with van der Waals surface area (Å²) in [5, 5.41) is 0. The number of nitrogens with zero attached hydrogens (tertiary/aromatic N) is 6. The Hall–Kier alpha value is -7.44. The fraction of sp³-hybridized carbons (Fsp3) is 0.127. The van der Waals surface area contributed by atoms with Crippen LogP contribution < -0.4 is 0 Å². The van der Waals surface area contributed by atoms with Gasteiger partial charge in [0.15, 0.2) is 34.9 Å². The van der Waals surface area contributed by atoms with Gasteiger partial charge in [0.2, 0.25) is 0 Å². The van der Waals surface area contributed by atoms with Gasteiger partial charge in [-0.1, -0.05) is 173 Å². The minimum atomic E-state index is -0.258. The predicted molar refractivity (Wildman–Crippen MR) is 246 cm³/mol. The van der Waals surface area contributed by atoms with Gasteiger partial charge >= 0.3 is 0 Å². The van der Waals surface area contributed by atoms with Crippen molar-refractivity contribution in [2.24, 2.45) is 0 Å². The second-order valence-corrected chi connectivity index (χ2v) is 17.1. The van der Waals surface area contributed by atoms with Crippen molar-refractivity contribution in [2.45, 2.75) is 44.9 Å². The maximum Gasteiger partial charge on any atom is 0.164 e. The lowest BCUT2D eigenvalue weighted by molar-refractivity contribution is 0.652. The second-order valence-electron chi connectivity index (χ2n) is 17.1. The van der Waals surface area contributed by atoms with Crippen LogP contribution in [0.2, 0.25) is 0 Å². The van der Waals surface area contributed by atoms with E-state index in [1.54, 1.807) is 0 Å². The molecule has 0 fully saturated rings. The average molecular weight is 787 g/mol. The highest BCUT2D eigenvalue weighted by Crippen LogP contribution is 2.56. The molecule has 0 bridgehead atoms. The molecule has 0 unspecified atom stereocenters. The van der Waals surface area contributed by atoms with Crippen LogP contribution >= 0.6 is 0 Å². The SMILES string of the molecule is CC1(C)c2cc(-c3nc(C4=CCC=CC=C4)nc(-c4ccccc4)n3)ccc2-c2cc3c(cc21)-c1ccc(-c2nc(-c4ccccc4)nc(-c4ccccc4)n2)cc1C3(C)C. The van der Waals surface area contributed by atoms with Gasteiger partial charge in [-0.05, 0) is 75.2 Å². The van der Waals surface area contributed by atoms with Crippen molar-refractivity contribution < 1.29 is 0 Å². The summed E-state index contributed by atoms with van der Waals surface area (Å²) in [6.07, 6.45) is 11.3. The summed E-state index contributed by atoms with van der Waals surface area (Å²) in [7, 11) is 0. The van der Waals surface area contributed by atoms with Crippen molar-refractivity contribution in [1.29, 1.82) is 0 Å². The lowest BCUT2D eigenvalue weighted by atomic mass is 9.79. The van der Waals surface area contributed by atoms with E-state index in [1.165, 1.54) is 44.5 Å². The third-order valence-electron chi connectivity index (χ3n) is 12.6. The standard InChI is InChI=1S/C55H42N6/c1-54(2)44-30-38(52-58-48(34-18-10-5-6-11-19-34)56-49(59-52)35-20-12-7-13-21-35)26-28-40(44)42-32-47-43(33-46(42)54)41-29-27-39(31-45(41)55(47,3)4)53-60-50(36-22-14-8-15-23-36)57-51(61-53)37-24-16-9-17-25-37/h5-10,12-33H,11H2,1-4H3. The second kappa shape index (κ2) is 14.1. The third-order valence-corrected chi connectivity index (χ3v) is 12.6. The highest BCUT2D eigenvalue weighted by atomic mass is 15.0. The third kappa shape index (κ3) is 6.17. The number of allylic oxidation sites excluding steroid dienone is 6. The highest BCUT2D eigenvalue weighted by Gasteiger charge is 2.42. The van der Waals surface area contributed by atoms with Crippen LogP contribution in [-0.4, -0.2) is 29.9 Å². The van der Waals surface area contributed by atoms with E-state index in [0.717, 1.165) is 39.8 Å². The molecule has 0 saturated carbocycles. The van der Waals surface area contributed by atoms with E-state index in [2.05, 4.69) is 113 Å². The number of hydrogen-bond donors (Lipinski definition) is 0. The van der Waals surface area contributed by atoms with Gasteiger partial charge in [-0.3, -0.25) is 0 Å². The van der Waals surface area contributed by atoms with Gasteiger partial charge in [0.05, 0.1) is 0 Å². The summed E-state index contributed by atoms with van der Waals surface area (Å²) in [6.45, 7) is 9.37. The van der Waals surface area contributed by atoms with Gasteiger partial charge in [-0.2, -0.15) is 0 Å². The van der Waals surface area contributed by atoms with Crippen LogP contribution in [0.3, 0.4) is 0 Å². The van der Waals surface area contributed by atoms with Gasteiger partial charge in [-0.25, -0.2) is 29.9 Å². The van der Waals surface area contributed by atoms with Crippen molar-refractivity contribution in [1.82, 2.24) is 29.9 Å². The van der Waals surface area contributed by atoms with Gasteiger partial charge in [0.1, 0.15) is 0 Å². The molecule has 61 heavy (non-hydrogen) atoms. The molecular formula is C55H42N6. The first kappa shape index (κ1) is 36.6. The van der Waals surface area contributed by atoms with Gasteiger partial charge < -0.3 is 0 Å². The molecule has 0 radical (unpaired) electrons. The van der Waals surface area contributed by atoms with Crippen LogP contribution in [0.1, 0.15) is 62.2 Å². The summed E-state index contributed by atoms with van der Waals surface area (Å²) in [6, 6.07) is 48.9. The lowest BCUT2D eigenvalue weighted by Gasteiger charge is -2.24. The molecule has 0 N–H and O–H groups in total. The van der Waals surface area contributed by atoms with E-state index in [9.17, 15) is 0 Å². The molecule has 0 spiro atoms. The number of benzene rings is 6. The molecule has 8 aromatic rings. The first-order chi connectivity index (χ1) is 29.7. The Balaban J connectivity index is 0.987. The summed E-state index contributed by atoms with van der Waals surface area (Å²) < 4.78 is 0. The Morgan fingerprint density at radius 3 is 1.16 bits per heavy atom. The summed E-state index contributed by atoms with van der Waals surface area (Å²) in [4.78, 5) is 30.2. The van der Waals surface area contributed by atoms with Crippen LogP contribution in [-0.2, 0) is 10.8 Å². The van der Waals surface area contributed by atoms with Crippen LogP contribution in [0.5, 0.6) is 0 Å². The van der Waals surface area contributed by atoms with Crippen LogP contribution in [0.25, 0.3) is 84.8 Å². The van der Waals surface area contributed by atoms with E-state index >= 15 is 0 Å². The normalized spacial score (nSPS) is 15.0. The molecule has 2 aromatic heterocycles. The molecule has 0 atom stereocenters. The summed E-state index contributed by atoms with van der Waals surface area (Å²) >= 11 is 0. The first-order valence-electron chi connectivity index (χ1n) is 20.9. The van der Waals surface area contributed by atoms with E-state index in [4.69, 9.17) is 29.9 Å². The van der Waals surface area contributed by atoms with E-state index in [-0.39, 0.29) is 10.8 Å². The molecular weight excluding hydrogens is 745 g/mol. The molecule has 2 heterocycles. The molecule has 0 amide bonds. The van der Waals surface area contributed by atoms with Crippen LogP contribution in [0.4, 0.5) is 0 Å².